The predicted molar refractivity (Wildman–Crippen MR) is 73.3 cm³/mol. The molecule has 0 aliphatic carbocycles. The first-order chi connectivity index (χ1) is 8.52. The molecule has 0 saturated carbocycles. The lowest BCUT2D eigenvalue weighted by molar-refractivity contribution is 0.475. The van der Waals surface area contributed by atoms with Gasteiger partial charge in [-0.05, 0) is 31.5 Å². The van der Waals surface area contributed by atoms with Crippen LogP contribution in [0.15, 0.2) is 18.2 Å². The summed E-state index contributed by atoms with van der Waals surface area (Å²) in [6.45, 7) is 3.91. The zero-order valence-corrected chi connectivity index (χ0v) is 11.5. The van der Waals surface area contributed by atoms with E-state index in [1.54, 1.807) is 12.1 Å². The summed E-state index contributed by atoms with van der Waals surface area (Å²) in [6.07, 6.45) is 0.793. The Labute approximate surface area is 115 Å². The fourth-order valence-electron chi connectivity index (χ4n) is 1.74. The van der Waals surface area contributed by atoms with Gasteiger partial charge in [0.05, 0.1) is 5.02 Å². The third-order valence-corrected chi connectivity index (χ3v) is 3.34. The summed E-state index contributed by atoms with van der Waals surface area (Å²) in [6, 6.07) is 4.84. The Morgan fingerprint density at radius 3 is 2.50 bits per heavy atom. The Morgan fingerprint density at radius 1 is 1.22 bits per heavy atom. The molecule has 0 spiro atoms. The lowest BCUT2D eigenvalue weighted by atomic mass is 10.1. The van der Waals surface area contributed by atoms with Gasteiger partial charge >= 0.3 is 0 Å². The van der Waals surface area contributed by atoms with Crippen molar-refractivity contribution >= 4 is 23.2 Å². The van der Waals surface area contributed by atoms with Crippen molar-refractivity contribution in [3.8, 4) is 17.1 Å². The first-order valence-corrected chi connectivity index (χ1v) is 6.30. The van der Waals surface area contributed by atoms with Crippen molar-refractivity contribution in [1.82, 2.24) is 9.97 Å². The van der Waals surface area contributed by atoms with Crippen LogP contribution in [0.2, 0.25) is 10.2 Å². The number of aryl methyl sites for hydroxylation is 1. The normalized spacial score (nSPS) is 10.7. The molecule has 0 fully saturated rings. The maximum absolute atomic E-state index is 9.38. The molecule has 1 heterocycles. The molecular formula is C13H12Cl2N2O. The molecule has 0 atom stereocenters. The van der Waals surface area contributed by atoms with Gasteiger partial charge in [0.15, 0.2) is 5.82 Å². The molecule has 94 valence electrons. The van der Waals surface area contributed by atoms with Gasteiger partial charge in [-0.1, -0.05) is 30.1 Å². The second kappa shape index (κ2) is 5.12. The number of phenols is 1. The smallest absolute Gasteiger partial charge is 0.161 e. The van der Waals surface area contributed by atoms with Crippen LogP contribution in [-0.2, 0) is 6.42 Å². The first-order valence-electron chi connectivity index (χ1n) is 5.54. The lowest BCUT2D eigenvalue weighted by Gasteiger charge is -2.08. The van der Waals surface area contributed by atoms with E-state index in [9.17, 15) is 5.11 Å². The minimum atomic E-state index is 0.0356. The van der Waals surface area contributed by atoms with Gasteiger partial charge in [0.2, 0.25) is 0 Å². The highest BCUT2D eigenvalue weighted by Crippen LogP contribution is 2.29. The molecule has 1 aromatic carbocycles. The van der Waals surface area contributed by atoms with E-state index in [4.69, 9.17) is 23.2 Å². The van der Waals surface area contributed by atoms with E-state index in [0.717, 1.165) is 23.2 Å². The lowest BCUT2D eigenvalue weighted by Crippen LogP contribution is -1.99. The minimum absolute atomic E-state index is 0.0356. The molecule has 2 rings (SSSR count). The second-order valence-electron chi connectivity index (χ2n) is 3.92. The predicted octanol–water partition coefficient (Wildman–Crippen LogP) is 4.03. The molecule has 0 bridgehead atoms. The third-order valence-electron chi connectivity index (χ3n) is 2.72. The summed E-state index contributed by atoms with van der Waals surface area (Å²) < 4.78 is 0. The quantitative estimate of drug-likeness (QED) is 0.846. The first kappa shape index (κ1) is 13.1. The number of halogens is 2. The highest BCUT2D eigenvalue weighted by molar-refractivity contribution is 6.32. The number of phenolic OH excluding ortho intramolecular Hbond substituents is 1. The average molecular weight is 283 g/mol. The van der Waals surface area contributed by atoms with Gasteiger partial charge in [-0.15, -0.1) is 0 Å². The number of aromatic hydroxyl groups is 1. The number of nitrogens with zero attached hydrogens (tertiary/aromatic N) is 2. The van der Waals surface area contributed by atoms with Crippen LogP contribution in [0.25, 0.3) is 11.4 Å². The summed E-state index contributed by atoms with van der Waals surface area (Å²) in [7, 11) is 0. The van der Waals surface area contributed by atoms with Gasteiger partial charge in [0, 0.05) is 16.8 Å². The Bertz CT molecular complexity index is 577. The zero-order chi connectivity index (χ0) is 13.3. The van der Waals surface area contributed by atoms with E-state index in [-0.39, 0.29) is 10.8 Å². The number of aromatic nitrogens is 2. The van der Waals surface area contributed by atoms with Crippen molar-refractivity contribution in [2.24, 2.45) is 0 Å². The number of benzene rings is 1. The number of hydrogen-bond acceptors (Lipinski definition) is 3. The number of hydrogen-bond donors (Lipinski definition) is 1. The van der Waals surface area contributed by atoms with E-state index >= 15 is 0 Å². The number of rotatable bonds is 2. The van der Waals surface area contributed by atoms with Crippen molar-refractivity contribution in [2.45, 2.75) is 20.3 Å². The van der Waals surface area contributed by atoms with Gasteiger partial charge in [-0.2, -0.15) is 0 Å². The van der Waals surface area contributed by atoms with Crippen LogP contribution in [0.1, 0.15) is 18.2 Å². The fourth-order valence-corrected chi connectivity index (χ4v) is 2.27. The molecule has 0 aliphatic heterocycles. The molecule has 3 nitrogen and oxygen atoms in total. The van der Waals surface area contributed by atoms with Crippen LogP contribution in [0, 0.1) is 6.92 Å². The van der Waals surface area contributed by atoms with Crippen LogP contribution in [-0.4, -0.2) is 15.1 Å². The monoisotopic (exact) mass is 282 g/mol. The Morgan fingerprint density at radius 2 is 1.94 bits per heavy atom. The van der Waals surface area contributed by atoms with Crippen LogP contribution in [0.5, 0.6) is 5.75 Å². The third kappa shape index (κ3) is 2.42. The van der Waals surface area contributed by atoms with Crippen LogP contribution < -0.4 is 0 Å². The molecule has 0 aliphatic rings. The van der Waals surface area contributed by atoms with E-state index in [1.165, 1.54) is 6.07 Å². The summed E-state index contributed by atoms with van der Waals surface area (Å²) in [5.74, 6) is 0.546. The molecule has 18 heavy (non-hydrogen) atoms. The van der Waals surface area contributed by atoms with Crippen LogP contribution in [0.3, 0.4) is 0 Å². The second-order valence-corrected chi connectivity index (χ2v) is 4.69. The topological polar surface area (TPSA) is 46.0 Å². The fraction of sp³-hybridized carbons (Fsp3) is 0.231. The van der Waals surface area contributed by atoms with Crippen LogP contribution in [0.4, 0.5) is 0 Å². The van der Waals surface area contributed by atoms with E-state index in [0.29, 0.717) is 11.0 Å². The maximum Gasteiger partial charge on any atom is 0.161 e. The SMILES string of the molecule is CCc1c(C)nc(-c2ccc(O)c(Cl)c2)nc1Cl. The Hall–Kier alpha value is -1.32. The molecule has 0 amide bonds. The largest absolute Gasteiger partial charge is 0.506 e. The Balaban J connectivity index is 2.54. The summed E-state index contributed by atoms with van der Waals surface area (Å²) in [5, 5.41) is 10.1. The molecule has 2 aromatic rings. The van der Waals surface area contributed by atoms with Gasteiger partial charge < -0.3 is 5.11 Å². The van der Waals surface area contributed by atoms with Crippen molar-refractivity contribution in [3.05, 3.63) is 39.6 Å². The summed E-state index contributed by atoms with van der Waals surface area (Å²) in [4.78, 5) is 8.67. The minimum Gasteiger partial charge on any atom is -0.506 e. The Kier molecular flexibility index (Phi) is 3.73. The van der Waals surface area contributed by atoms with Crippen molar-refractivity contribution in [3.63, 3.8) is 0 Å². The van der Waals surface area contributed by atoms with E-state index < -0.39 is 0 Å². The molecular weight excluding hydrogens is 271 g/mol. The van der Waals surface area contributed by atoms with Gasteiger partial charge in [0.1, 0.15) is 10.9 Å². The van der Waals surface area contributed by atoms with E-state index in [2.05, 4.69) is 9.97 Å². The molecule has 1 N–H and O–H groups in total. The van der Waals surface area contributed by atoms with Gasteiger partial charge in [-0.3, -0.25) is 0 Å². The molecule has 0 unspecified atom stereocenters. The standard InChI is InChI=1S/C13H12Cl2N2O/c1-3-9-7(2)16-13(17-12(9)15)8-4-5-11(18)10(14)6-8/h4-6,18H,3H2,1-2H3. The van der Waals surface area contributed by atoms with E-state index in [1.807, 2.05) is 13.8 Å². The summed E-state index contributed by atoms with van der Waals surface area (Å²) in [5.41, 5.74) is 2.53. The summed E-state index contributed by atoms with van der Waals surface area (Å²) >= 11 is 12.0. The van der Waals surface area contributed by atoms with Crippen molar-refractivity contribution in [1.29, 1.82) is 0 Å². The van der Waals surface area contributed by atoms with Crippen LogP contribution >= 0.6 is 23.2 Å². The molecule has 5 heteroatoms. The molecule has 0 radical (unpaired) electrons. The zero-order valence-electron chi connectivity index (χ0n) is 10.0. The van der Waals surface area contributed by atoms with Crippen molar-refractivity contribution < 1.29 is 5.11 Å². The van der Waals surface area contributed by atoms with Crippen molar-refractivity contribution in [2.75, 3.05) is 0 Å². The highest BCUT2D eigenvalue weighted by Gasteiger charge is 2.11. The molecule has 0 saturated heterocycles. The van der Waals surface area contributed by atoms with Gasteiger partial charge in [-0.25, -0.2) is 9.97 Å². The van der Waals surface area contributed by atoms with Gasteiger partial charge in [0.25, 0.3) is 0 Å². The highest BCUT2D eigenvalue weighted by atomic mass is 35.5. The maximum atomic E-state index is 9.38. The molecule has 1 aromatic heterocycles. The average Bonchev–Trinajstić information content (AvgIpc) is 2.32.